The molecule has 0 radical (unpaired) electrons. The molecule has 5 nitrogen and oxygen atoms in total. The number of hydrogen-bond acceptors (Lipinski definition) is 4. The fourth-order valence-electron chi connectivity index (χ4n) is 3.93. The number of H-pyrrole nitrogens is 2. The quantitative estimate of drug-likeness (QED) is 0.280. The fraction of sp³-hybridized carbons (Fsp3) is 0.435. The molecule has 2 aromatic heterocycles. The molecule has 160 valence electrons. The van der Waals surface area contributed by atoms with Crippen molar-refractivity contribution in [3.8, 4) is 17.1 Å². The summed E-state index contributed by atoms with van der Waals surface area (Å²) >= 11 is 5.45. The normalized spacial score (nSPS) is 15.4. The van der Waals surface area contributed by atoms with Crippen LogP contribution in [0.2, 0.25) is 0 Å². The number of benzene rings is 1. The van der Waals surface area contributed by atoms with Gasteiger partial charge in [0.25, 0.3) is 0 Å². The van der Waals surface area contributed by atoms with Crippen LogP contribution in [0.25, 0.3) is 22.3 Å². The van der Waals surface area contributed by atoms with E-state index in [0.717, 1.165) is 62.7 Å². The summed E-state index contributed by atoms with van der Waals surface area (Å²) in [4.78, 5) is 7.23. The van der Waals surface area contributed by atoms with Crippen molar-refractivity contribution in [2.45, 2.75) is 44.4 Å². The van der Waals surface area contributed by atoms with E-state index in [4.69, 9.17) is 4.74 Å². The summed E-state index contributed by atoms with van der Waals surface area (Å²) < 4.78 is 7.07. The van der Waals surface area contributed by atoms with Crippen LogP contribution in [0.1, 0.15) is 38.3 Å². The Balaban J connectivity index is 1.46. The maximum absolute atomic E-state index is 6.04. The van der Waals surface area contributed by atoms with Crippen molar-refractivity contribution in [2.24, 2.45) is 0 Å². The fourth-order valence-corrected chi connectivity index (χ4v) is 5.31. The number of fused-ring (bicyclic) bond motifs is 1. The number of allylic oxidation sites excluding steroid dienone is 1. The summed E-state index contributed by atoms with van der Waals surface area (Å²) in [6.07, 6.45) is 7.16. The lowest BCUT2D eigenvalue weighted by Gasteiger charge is -2.26. The average molecular weight is 489 g/mol. The number of aromatic amines is 2. The molecule has 1 aliphatic heterocycles. The minimum Gasteiger partial charge on any atom is -0.493 e. The smallest absolute Gasteiger partial charge is 0.124 e. The molecule has 7 heteroatoms. The van der Waals surface area contributed by atoms with Gasteiger partial charge in [-0.3, -0.25) is 5.10 Å². The molecule has 0 saturated carbocycles. The van der Waals surface area contributed by atoms with Crippen LogP contribution in [0.15, 0.2) is 39.1 Å². The summed E-state index contributed by atoms with van der Waals surface area (Å²) in [6.45, 7) is 8.44. The Labute approximate surface area is 190 Å². The second kappa shape index (κ2) is 10.1. The lowest BCUT2D eigenvalue weighted by Crippen LogP contribution is -2.31. The van der Waals surface area contributed by atoms with Crippen molar-refractivity contribution >= 4 is 38.6 Å². The minimum atomic E-state index is 0.749. The molecule has 1 saturated heterocycles. The van der Waals surface area contributed by atoms with Gasteiger partial charge in [-0.1, -0.05) is 24.3 Å². The van der Waals surface area contributed by atoms with E-state index in [1.54, 1.807) is 11.8 Å². The Hall–Kier alpha value is -1.70. The van der Waals surface area contributed by atoms with Gasteiger partial charge in [-0.05, 0) is 79.7 Å². The monoisotopic (exact) mass is 488 g/mol. The van der Waals surface area contributed by atoms with Gasteiger partial charge in [-0.2, -0.15) is 5.10 Å². The predicted octanol–water partition coefficient (Wildman–Crippen LogP) is 6.51. The van der Waals surface area contributed by atoms with Gasteiger partial charge in [0.2, 0.25) is 0 Å². The van der Waals surface area contributed by atoms with Crippen molar-refractivity contribution in [2.75, 3.05) is 26.2 Å². The molecule has 0 unspecified atom stereocenters. The molecule has 0 aliphatic carbocycles. The van der Waals surface area contributed by atoms with E-state index in [1.165, 1.54) is 32.4 Å². The lowest BCUT2D eigenvalue weighted by atomic mass is 10.1. The Morgan fingerprint density at radius 1 is 1.27 bits per heavy atom. The van der Waals surface area contributed by atoms with Gasteiger partial charge >= 0.3 is 0 Å². The van der Waals surface area contributed by atoms with E-state index < -0.39 is 0 Å². The summed E-state index contributed by atoms with van der Waals surface area (Å²) in [7, 11) is 0. The third-order valence-corrected chi connectivity index (χ3v) is 7.46. The van der Waals surface area contributed by atoms with E-state index >= 15 is 0 Å². The van der Waals surface area contributed by atoms with Gasteiger partial charge < -0.3 is 14.6 Å². The van der Waals surface area contributed by atoms with E-state index in [-0.39, 0.29) is 0 Å². The Kier molecular flexibility index (Phi) is 7.23. The zero-order valence-electron chi connectivity index (χ0n) is 17.6. The van der Waals surface area contributed by atoms with Crippen molar-refractivity contribution in [3.63, 3.8) is 0 Å². The number of likely N-dealkylation sites (tertiary alicyclic amines) is 1. The summed E-state index contributed by atoms with van der Waals surface area (Å²) in [5.41, 5.74) is 4.04. The van der Waals surface area contributed by atoms with Crippen LogP contribution >= 0.6 is 27.7 Å². The standard InChI is InChI=1S/C23H29BrN4OS/c1-3-14-30-23-16(2)26-27-22(23)21-20(24)18-9-8-17(15-19(18)25-21)29-13-7-12-28-10-5-4-6-11-28/h3,8-9,14-15,25H,4-7,10-13H2,1-2H3,(H,26,27)/b14-3-. The second-order valence-corrected chi connectivity index (χ2v) is 9.45. The first-order valence-electron chi connectivity index (χ1n) is 10.7. The topological polar surface area (TPSA) is 56.9 Å². The summed E-state index contributed by atoms with van der Waals surface area (Å²) in [6, 6.07) is 6.25. The third-order valence-electron chi connectivity index (χ3n) is 5.49. The van der Waals surface area contributed by atoms with Crippen LogP contribution in [0.3, 0.4) is 0 Å². The Morgan fingerprint density at radius 2 is 2.10 bits per heavy atom. The number of nitrogens with one attached hydrogen (secondary N) is 2. The molecular weight excluding hydrogens is 460 g/mol. The highest BCUT2D eigenvalue weighted by atomic mass is 79.9. The molecule has 3 aromatic rings. The molecule has 3 heterocycles. The van der Waals surface area contributed by atoms with Gasteiger partial charge in [0.15, 0.2) is 0 Å². The van der Waals surface area contributed by atoms with Crippen molar-refractivity contribution in [1.82, 2.24) is 20.1 Å². The first-order chi connectivity index (χ1) is 14.7. The molecule has 1 fully saturated rings. The number of halogens is 1. The van der Waals surface area contributed by atoms with Crippen LogP contribution in [-0.2, 0) is 0 Å². The number of nitrogens with zero attached hydrogens (tertiary/aromatic N) is 2. The molecule has 0 atom stereocenters. The van der Waals surface area contributed by atoms with E-state index in [2.05, 4.69) is 66.5 Å². The second-order valence-electron chi connectivity index (χ2n) is 7.74. The Morgan fingerprint density at radius 3 is 2.90 bits per heavy atom. The van der Waals surface area contributed by atoms with Gasteiger partial charge in [0.05, 0.1) is 27.2 Å². The molecule has 4 rings (SSSR count). The SMILES string of the molecule is C/C=C\Sc1c(-c2[nH]c3cc(OCCCN4CCCCC4)ccc3c2Br)n[nH]c1C. The van der Waals surface area contributed by atoms with Crippen molar-refractivity contribution in [3.05, 3.63) is 39.8 Å². The van der Waals surface area contributed by atoms with Crippen LogP contribution in [0, 0.1) is 6.92 Å². The summed E-state index contributed by atoms with van der Waals surface area (Å²) in [5.74, 6) is 0.906. The van der Waals surface area contributed by atoms with Gasteiger partial charge in [0.1, 0.15) is 11.4 Å². The number of aromatic nitrogens is 3. The number of rotatable bonds is 8. The molecular formula is C23H29BrN4OS. The summed E-state index contributed by atoms with van der Waals surface area (Å²) in [5, 5.41) is 10.9. The number of hydrogen-bond donors (Lipinski definition) is 2. The number of aryl methyl sites for hydroxylation is 1. The lowest BCUT2D eigenvalue weighted by molar-refractivity contribution is 0.205. The Bertz CT molecular complexity index is 1020. The molecule has 0 spiro atoms. The largest absolute Gasteiger partial charge is 0.493 e. The van der Waals surface area contributed by atoms with Crippen molar-refractivity contribution in [1.29, 1.82) is 0 Å². The molecule has 0 bridgehead atoms. The highest BCUT2D eigenvalue weighted by molar-refractivity contribution is 9.10. The maximum Gasteiger partial charge on any atom is 0.124 e. The molecule has 1 aliphatic rings. The zero-order valence-corrected chi connectivity index (χ0v) is 20.0. The predicted molar refractivity (Wildman–Crippen MR) is 129 cm³/mol. The van der Waals surface area contributed by atoms with Gasteiger partial charge in [-0.25, -0.2) is 0 Å². The first-order valence-corrected chi connectivity index (χ1v) is 12.3. The van der Waals surface area contributed by atoms with Crippen LogP contribution in [-0.4, -0.2) is 46.3 Å². The molecule has 30 heavy (non-hydrogen) atoms. The highest BCUT2D eigenvalue weighted by Gasteiger charge is 2.19. The zero-order chi connectivity index (χ0) is 20.9. The minimum absolute atomic E-state index is 0.749. The highest BCUT2D eigenvalue weighted by Crippen LogP contribution is 2.40. The van der Waals surface area contributed by atoms with Gasteiger partial charge in [-0.15, -0.1) is 0 Å². The molecule has 2 N–H and O–H groups in total. The number of ether oxygens (including phenoxy) is 1. The maximum atomic E-state index is 6.04. The van der Waals surface area contributed by atoms with Gasteiger partial charge in [0, 0.05) is 23.7 Å². The van der Waals surface area contributed by atoms with Crippen LogP contribution in [0.4, 0.5) is 0 Å². The van der Waals surface area contributed by atoms with E-state index in [0.29, 0.717) is 0 Å². The molecule has 0 amide bonds. The number of thioether (sulfide) groups is 1. The average Bonchev–Trinajstić information content (AvgIpc) is 3.29. The number of piperidine rings is 1. The van der Waals surface area contributed by atoms with Crippen LogP contribution < -0.4 is 4.74 Å². The third kappa shape index (κ3) is 4.79. The van der Waals surface area contributed by atoms with Crippen molar-refractivity contribution < 1.29 is 4.74 Å². The van der Waals surface area contributed by atoms with Crippen LogP contribution in [0.5, 0.6) is 5.75 Å². The van der Waals surface area contributed by atoms with E-state index in [9.17, 15) is 0 Å². The first kappa shape index (κ1) is 21.5. The van der Waals surface area contributed by atoms with E-state index in [1.807, 2.05) is 13.0 Å². The molecule has 1 aromatic carbocycles.